The summed E-state index contributed by atoms with van der Waals surface area (Å²) in [5.74, 6) is 0. The Morgan fingerprint density at radius 1 is 1.09 bits per heavy atom. The molecule has 0 saturated heterocycles. The lowest BCUT2D eigenvalue weighted by atomic mass is 10.1. The number of rotatable bonds is 5. The van der Waals surface area contributed by atoms with Gasteiger partial charge < -0.3 is 16.0 Å². The number of benzene rings is 2. The highest BCUT2D eigenvalue weighted by atomic mass is 16.2. The molecule has 2 amide bonds. The summed E-state index contributed by atoms with van der Waals surface area (Å²) >= 11 is 0. The summed E-state index contributed by atoms with van der Waals surface area (Å²) in [4.78, 5) is 11.7. The summed E-state index contributed by atoms with van der Waals surface area (Å²) < 4.78 is 0. The topological polar surface area (TPSA) is 53.2 Å². The van der Waals surface area contributed by atoms with E-state index in [1.54, 1.807) is 0 Å². The van der Waals surface area contributed by atoms with Crippen LogP contribution in [0.15, 0.2) is 42.5 Å². The standard InChI is InChI=1S/C19H23N3O/c1-3-14-6-4-5-13(2)18(14)20-15-7-9-16(10-8-15)21-19(23)22-17-11-12-17/h4-10,17,20H,3,11-12H2,1-2H3,(H2,21,22,23). The fraction of sp³-hybridized carbons (Fsp3) is 0.316. The van der Waals surface area contributed by atoms with Crippen LogP contribution in [0.25, 0.3) is 0 Å². The van der Waals surface area contributed by atoms with Crippen molar-refractivity contribution in [3.8, 4) is 0 Å². The predicted octanol–water partition coefficient (Wildman–Crippen LogP) is 4.58. The minimum Gasteiger partial charge on any atom is -0.355 e. The van der Waals surface area contributed by atoms with Crippen molar-refractivity contribution in [1.29, 1.82) is 0 Å². The van der Waals surface area contributed by atoms with Gasteiger partial charge in [0.05, 0.1) is 0 Å². The van der Waals surface area contributed by atoms with Crippen LogP contribution in [0.5, 0.6) is 0 Å². The lowest BCUT2D eigenvalue weighted by molar-refractivity contribution is 0.251. The molecule has 23 heavy (non-hydrogen) atoms. The summed E-state index contributed by atoms with van der Waals surface area (Å²) in [6.07, 6.45) is 3.17. The van der Waals surface area contributed by atoms with Gasteiger partial charge >= 0.3 is 6.03 Å². The van der Waals surface area contributed by atoms with Crippen LogP contribution in [-0.4, -0.2) is 12.1 Å². The quantitative estimate of drug-likeness (QED) is 0.757. The Hall–Kier alpha value is -2.49. The van der Waals surface area contributed by atoms with Crippen molar-refractivity contribution in [2.45, 2.75) is 39.2 Å². The van der Waals surface area contributed by atoms with Gasteiger partial charge in [-0.05, 0) is 61.6 Å². The molecule has 3 N–H and O–H groups in total. The fourth-order valence-electron chi connectivity index (χ4n) is 2.56. The van der Waals surface area contributed by atoms with E-state index in [2.05, 4.69) is 48.0 Å². The number of urea groups is 1. The van der Waals surface area contributed by atoms with Crippen LogP contribution in [0, 0.1) is 6.92 Å². The second-order valence-corrected chi connectivity index (χ2v) is 6.04. The molecule has 2 aromatic carbocycles. The molecule has 0 unspecified atom stereocenters. The van der Waals surface area contributed by atoms with Crippen LogP contribution in [0.2, 0.25) is 0 Å². The van der Waals surface area contributed by atoms with E-state index < -0.39 is 0 Å². The van der Waals surface area contributed by atoms with Crippen molar-refractivity contribution in [3.63, 3.8) is 0 Å². The molecule has 0 aliphatic heterocycles. The molecule has 120 valence electrons. The summed E-state index contributed by atoms with van der Waals surface area (Å²) in [5.41, 5.74) is 5.52. The van der Waals surface area contributed by atoms with Gasteiger partial charge in [0.25, 0.3) is 0 Å². The number of amides is 2. The Morgan fingerprint density at radius 2 is 1.78 bits per heavy atom. The van der Waals surface area contributed by atoms with Gasteiger partial charge in [-0.15, -0.1) is 0 Å². The maximum absolute atomic E-state index is 11.7. The zero-order chi connectivity index (χ0) is 16.2. The average Bonchev–Trinajstić information content (AvgIpc) is 3.35. The Labute approximate surface area is 137 Å². The molecule has 0 bridgehead atoms. The molecule has 1 fully saturated rings. The molecular formula is C19H23N3O. The molecular weight excluding hydrogens is 286 g/mol. The summed E-state index contributed by atoms with van der Waals surface area (Å²) in [7, 11) is 0. The maximum Gasteiger partial charge on any atom is 0.319 e. The van der Waals surface area contributed by atoms with Crippen LogP contribution in [-0.2, 0) is 6.42 Å². The van der Waals surface area contributed by atoms with Crippen molar-refractivity contribution in [3.05, 3.63) is 53.6 Å². The van der Waals surface area contributed by atoms with Crippen molar-refractivity contribution in [2.75, 3.05) is 10.6 Å². The average molecular weight is 309 g/mol. The molecule has 0 heterocycles. The predicted molar refractivity (Wildman–Crippen MR) is 95.5 cm³/mol. The van der Waals surface area contributed by atoms with Crippen molar-refractivity contribution < 1.29 is 4.79 Å². The first-order chi connectivity index (χ1) is 11.2. The number of carbonyl (C=O) groups is 1. The third-order valence-electron chi connectivity index (χ3n) is 4.06. The molecule has 0 aromatic heterocycles. The normalized spacial score (nSPS) is 13.5. The van der Waals surface area contributed by atoms with E-state index in [0.717, 1.165) is 30.6 Å². The summed E-state index contributed by atoms with van der Waals surface area (Å²) in [6, 6.07) is 14.4. The Morgan fingerprint density at radius 3 is 2.43 bits per heavy atom. The second kappa shape index (κ2) is 6.73. The largest absolute Gasteiger partial charge is 0.355 e. The molecule has 2 aromatic rings. The van der Waals surface area contributed by atoms with Gasteiger partial charge in [-0.3, -0.25) is 0 Å². The molecule has 1 aliphatic carbocycles. The number of hydrogen-bond donors (Lipinski definition) is 3. The van der Waals surface area contributed by atoms with Gasteiger partial charge in [0, 0.05) is 23.1 Å². The van der Waals surface area contributed by atoms with Gasteiger partial charge in [-0.25, -0.2) is 4.79 Å². The number of hydrogen-bond acceptors (Lipinski definition) is 2. The van der Waals surface area contributed by atoms with Gasteiger partial charge in [0.1, 0.15) is 0 Å². The van der Waals surface area contributed by atoms with Crippen LogP contribution in [0.3, 0.4) is 0 Å². The van der Waals surface area contributed by atoms with E-state index in [1.165, 1.54) is 16.8 Å². The summed E-state index contributed by atoms with van der Waals surface area (Å²) in [6.45, 7) is 4.27. The number of para-hydroxylation sites is 1. The highest BCUT2D eigenvalue weighted by molar-refractivity contribution is 5.89. The molecule has 1 saturated carbocycles. The minimum atomic E-state index is -0.125. The number of anilines is 3. The molecule has 3 rings (SSSR count). The van der Waals surface area contributed by atoms with E-state index in [9.17, 15) is 4.79 Å². The van der Waals surface area contributed by atoms with Crippen LogP contribution in [0.4, 0.5) is 21.9 Å². The highest BCUT2D eigenvalue weighted by Gasteiger charge is 2.23. The van der Waals surface area contributed by atoms with E-state index >= 15 is 0 Å². The third kappa shape index (κ3) is 4.03. The smallest absolute Gasteiger partial charge is 0.319 e. The highest BCUT2D eigenvalue weighted by Crippen LogP contribution is 2.26. The van der Waals surface area contributed by atoms with Crippen LogP contribution >= 0.6 is 0 Å². The van der Waals surface area contributed by atoms with E-state index in [4.69, 9.17) is 0 Å². The number of nitrogens with one attached hydrogen (secondary N) is 3. The molecule has 0 spiro atoms. The monoisotopic (exact) mass is 309 g/mol. The Balaban J connectivity index is 1.66. The minimum absolute atomic E-state index is 0.125. The third-order valence-corrected chi connectivity index (χ3v) is 4.06. The SMILES string of the molecule is CCc1cccc(C)c1Nc1ccc(NC(=O)NC2CC2)cc1. The first kappa shape index (κ1) is 15.4. The second-order valence-electron chi connectivity index (χ2n) is 6.04. The zero-order valence-electron chi connectivity index (χ0n) is 13.6. The van der Waals surface area contributed by atoms with E-state index in [-0.39, 0.29) is 6.03 Å². The van der Waals surface area contributed by atoms with E-state index in [1.807, 2.05) is 24.3 Å². The van der Waals surface area contributed by atoms with E-state index in [0.29, 0.717) is 6.04 Å². The Kier molecular flexibility index (Phi) is 4.51. The van der Waals surface area contributed by atoms with Crippen molar-refractivity contribution in [1.82, 2.24) is 5.32 Å². The molecule has 4 nitrogen and oxygen atoms in total. The van der Waals surface area contributed by atoms with Crippen LogP contribution < -0.4 is 16.0 Å². The molecule has 1 aliphatic rings. The lowest BCUT2D eigenvalue weighted by Crippen LogP contribution is -2.30. The fourth-order valence-corrected chi connectivity index (χ4v) is 2.56. The first-order valence-electron chi connectivity index (χ1n) is 8.19. The lowest BCUT2D eigenvalue weighted by Gasteiger charge is -2.14. The maximum atomic E-state index is 11.7. The molecule has 4 heteroatoms. The first-order valence-corrected chi connectivity index (χ1v) is 8.19. The van der Waals surface area contributed by atoms with Gasteiger partial charge in [0.2, 0.25) is 0 Å². The summed E-state index contributed by atoms with van der Waals surface area (Å²) in [5, 5.41) is 9.26. The molecule has 0 radical (unpaired) electrons. The van der Waals surface area contributed by atoms with Gasteiger partial charge in [-0.1, -0.05) is 25.1 Å². The number of carbonyl (C=O) groups excluding carboxylic acids is 1. The Bertz CT molecular complexity index is 690. The van der Waals surface area contributed by atoms with Crippen molar-refractivity contribution >= 4 is 23.1 Å². The zero-order valence-corrected chi connectivity index (χ0v) is 13.6. The van der Waals surface area contributed by atoms with Crippen LogP contribution in [0.1, 0.15) is 30.9 Å². The molecule has 0 atom stereocenters. The number of aryl methyl sites for hydroxylation is 2. The van der Waals surface area contributed by atoms with Gasteiger partial charge in [0.15, 0.2) is 0 Å². The van der Waals surface area contributed by atoms with Crippen molar-refractivity contribution in [2.24, 2.45) is 0 Å². The van der Waals surface area contributed by atoms with Gasteiger partial charge in [-0.2, -0.15) is 0 Å².